The second-order valence-electron chi connectivity index (χ2n) is 4.51. The molecule has 6 nitrogen and oxygen atoms in total. The molecule has 0 unspecified atom stereocenters. The molecule has 0 bridgehead atoms. The second kappa shape index (κ2) is 6.37. The van der Waals surface area contributed by atoms with E-state index in [2.05, 4.69) is 4.72 Å². The number of benzene rings is 2. The lowest BCUT2D eigenvalue weighted by molar-refractivity contribution is -0.385. The van der Waals surface area contributed by atoms with E-state index in [9.17, 15) is 18.5 Å². The molecule has 2 rings (SSSR count). The standard InChI is InChI=1S/C14H14N2O4S2/c1-10-7-8-11(16(17)18)9-14(10)22(19,20)15-12-5-3-4-6-13(12)21-2/h3-9,15H,1-2H3. The molecular weight excluding hydrogens is 324 g/mol. The first-order chi connectivity index (χ1) is 10.3. The summed E-state index contributed by atoms with van der Waals surface area (Å²) >= 11 is 1.41. The molecule has 0 aliphatic heterocycles. The zero-order valence-corrected chi connectivity index (χ0v) is 13.6. The predicted octanol–water partition coefficient (Wildman–Crippen LogP) is 3.43. The van der Waals surface area contributed by atoms with Crippen molar-refractivity contribution >= 4 is 33.2 Å². The van der Waals surface area contributed by atoms with Gasteiger partial charge in [-0.2, -0.15) is 0 Å². The molecule has 0 spiro atoms. The van der Waals surface area contributed by atoms with E-state index < -0.39 is 14.9 Å². The molecular formula is C14H14N2O4S2. The fourth-order valence-electron chi connectivity index (χ4n) is 1.92. The van der Waals surface area contributed by atoms with Crippen LogP contribution in [-0.2, 0) is 10.0 Å². The van der Waals surface area contributed by atoms with Gasteiger partial charge in [-0.1, -0.05) is 18.2 Å². The van der Waals surface area contributed by atoms with Gasteiger partial charge in [0.2, 0.25) is 0 Å². The average Bonchev–Trinajstić information content (AvgIpc) is 2.47. The van der Waals surface area contributed by atoms with Crippen LogP contribution < -0.4 is 4.72 Å². The van der Waals surface area contributed by atoms with Gasteiger partial charge in [0.15, 0.2) is 0 Å². The number of sulfonamides is 1. The van der Waals surface area contributed by atoms with E-state index in [-0.39, 0.29) is 10.6 Å². The summed E-state index contributed by atoms with van der Waals surface area (Å²) in [6.07, 6.45) is 1.84. The minimum Gasteiger partial charge on any atom is -0.278 e. The smallest absolute Gasteiger partial charge is 0.270 e. The van der Waals surface area contributed by atoms with Gasteiger partial charge in [-0.3, -0.25) is 14.8 Å². The van der Waals surface area contributed by atoms with E-state index in [0.717, 1.165) is 11.0 Å². The van der Waals surface area contributed by atoms with Gasteiger partial charge in [-0.15, -0.1) is 11.8 Å². The molecule has 1 N–H and O–H groups in total. The van der Waals surface area contributed by atoms with Crippen molar-refractivity contribution in [2.24, 2.45) is 0 Å². The van der Waals surface area contributed by atoms with Crippen molar-refractivity contribution in [1.29, 1.82) is 0 Å². The average molecular weight is 338 g/mol. The number of thioether (sulfide) groups is 1. The zero-order valence-electron chi connectivity index (χ0n) is 11.9. The highest BCUT2D eigenvalue weighted by molar-refractivity contribution is 7.99. The monoisotopic (exact) mass is 338 g/mol. The van der Waals surface area contributed by atoms with Crippen molar-refractivity contribution in [3.05, 3.63) is 58.1 Å². The molecule has 22 heavy (non-hydrogen) atoms. The number of nitro benzene ring substituents is 1. The molecule has 0 aliphatic rings. The summed E-state index contributed by atoms with van der Waals surface area (Å²) in [7, 11) is -3.90. The number of nitrogens with one attached hydrogen (secondary N) is 1. The van der Waals surface area contributed by atoms with E-state index in [1.165, 1.54) is 23.9 Å². The Balaban J connectivity index is 2.47. The van der Waals surface area contributed by atoms with Gasteiger partial charge < -0.3 is 0 Å². The SMILES string of the molecule is CSc1ccccc1NS(=O)(=O)c1cc([N+](=O)[O-])ccc1C. The summed E-state index contributed by atoms with van der Waals surface area (Å²) in [5, 5.41) is 10.8. The number of nitrogens with zero attached hydrogens (tertiary/aromatic N) is 1. The minimum absolute atomic E-state index is 0.0994. The van der Waals surface area contributed by atoms with E-state index >= 15 is 0 Å². The maximum atomic E-state index is 12.5. The first-order valence-electron chi connectivity index (χ1n) is 6.26. The number of hydrogen-bond acceptors (Lipinski definition) is 5. The van der Waals surface area contributed by atoms with E-state index in [1.807, 2.05) is 12.3 Å². The maximum Gasteiger partial charge on any atom is 0.270 e. The molecule has 0 fully saturated rings. The molecule has 0 amide bonds. The van der Waals surface area contributed by atoms with E-state index in [1.54, 1.807) is 25.1 Å². The predicted molar refractivity (Wildman–Crippen MR) is 86.9 cm³/mol. The van der Waals surface area contributed by atoms with Crippen LogP contribution in [0.4, 0.5) is 11.4 Å². The van der Waals surface area contributed by atoms with Crippen molar-refractivity contribution < 1.29 is 13.3 Å². The molecule has 2 aromatic rings. The van der Waals surface area contributed by atoms with Crippen LogP contribution in [0.5, 0.6) is 0 Å². The van der Waals surface area contributed by atoms with Gasteiger partial charge in [0.1, 0.15) is 0 Å². The third kappa shape index (κ3) is 3.40. The van der Waals surface area contributed by atoms with Crippen molar-refractivity contribution in [3.63, 3.8) is 0 Å². The van der Waals surface area contributed by atoms with Crippen LogP contribution >= 0.6 is 11.8 Å². The van der Waals surface area contributed by atoms with Gasteiger partial charge in [-0.25, -0.2) is 8.42 Å². The number of hydrogen-bond donors (Lipinski definition) is 1. The number of rotatable bonds is 5. The molecule has 2 aromatic carbocycles. The highest BCUT2D eigenvalue weighted by atomic mass is 32.2. The Morgan fingerprint density at radius 2 is 1.86 bits per heavy atom. The van der Waals surface area contributed by atoms with Gasteiger partial charge in [0.05, 0.1) is 15.5 Å². The van der Waals surface area contributed by atoms with Gasteiger partial charge in [0.25, 0.3) is 15.7 Å². The highest BCUT2D eigenvalue weighted by Crippen LogP contribution is 2.29. The zero-order chi connectivity index (χ0) is 16.3. The lowest BCUT2D eigenvalue weighted by Crippen LogP contribution is -2.15. The lowest BCUT2D eigenvalue weighted by atomic mass is 10.2. The molecule has 0 radical (unpaired) electrons. The van der Waals surface area contributed by atoms with E-state index in [0.29, 0.717) is 11.3 Å². The molecule has 8 heteroatoms. The molecule has 0 atom stereocenters. The first-order valence-corrected chi connectivity index (χ1v) is 8.97. The lowest BCUT2D eigenvalue weighted by Gasteiger charge is -2.12. The normalized spacial score (nSPS) is 11.2. The number of nitro groups is 1. The fourth-order valence-corrected chi connectivity index (χ4v) is 3.88. The van der Waals surface area contributed by atoms with Crippen LogP contribution in [0.1, 0.15) is 5.56 Å². The molecule has 116 valence electrons. The van der Waals surface area contributed by atoms with E-state index in [4.69, 9.17) is 0 Å². The molecule has 0 aromatic heterocycles. The summed E-state index contributed by atoms with van der Waals surface area (Å²) in [6.45, 7) is 1.60. The fraction of sp³-hybridized carbons (Fsp3) is 0.143. The highest BCUT2D eigenvalue weighted by Gasteiger charge is 2.21. The number of aryl methyl sites for hydroxylation is 1. The van der Waals surface area contributed by atoms with Crippen molar-refractivity contribution in [2.45, 2.75) is 16.7 Å². The van der Waals surface area contributed by atoms with Gasteiger partial charge >= 0.3 is 0 Å². The molecule has 0 saturated heterocycles. The molecule has 0 heterocycles. The van der Waals surface area contributed by atoms with Crippen molar-refractivity contribution in [2.75, 3.05) is 11.0 Å². The second-order valence-corrected chi connectivity index (χ2v) is 7.01. The summed E-state index contributed by atoms with van der Waals surface area (Å²) in [6, 6.07) is 10.7. The topological polar surface area (TPSA) is 89.3 Å². The quantitative estimate of drug-likeness (QED) is 0.512. The van der Waals surface area contributed by atoms with Crippen LogP contribution in [0.3, 0.4) is 0 Å². The van der Waals surface area contributed by atoms with Gasteiger partial charge in [0, 0.05) is 17.0 Å². The Kier molecular flexibility index (Phi) is 4.72. The first kappa shape index (κ1) is 16.3. The summed E-state index contributed by atoms with van der Waals surface area (Å²) < 4.78 is 27.5. The Hall–Kier alpha value is -2.06. The van der Waals surface area contributed by atoms with Crippen LogP contribution in [0.15, 0.2) is 52.3 Å². The summed E-state index contributed by atoms with van der Waals surface area (Å²) in [5.74, 6) is 0. The minimum atomic E-state index is -3.90. The Morgan fingerprint density at radius 1 is 1.18 bits per heavy atom. The third-order valence-electron chi connectivity index (χ3n) is 3.02. The molecule has 0 saturated carbocycles. The summed E-state index contributed by atoms with van der Waals surface area (Å²) in [4.78, 5) is 10.9. The Morgan fingerprint density at radius 3 is 2.50 bits per heavy atom. The van der Waals surface area contributed by atoms with Crippen LogP contribution in [0.2, 0.25) is 0 Å². The maximum absolute atomic E-state index is 12.5. The Labute approximate surface area is 132 Å². The largest absolute Gasteiger partial charge is 0.278 e. The Bertz CT molecular complexity index is 819. The van der Waals surface area contributed by atoms with Crippen LogP contribution in [0.25, 0.3) is 0 Å². The van der Waals surface area contributed by atoms with Gasteiger partial charge in [-0.05, 0) is 30.9 Å². The molecule has 0 aliphatic carbocycles. The van der Waals surface area contributed by atoms with Crippen LogP contribution in [0, 0.1) is 17.0 Å². The number of non-ortho nitro benzene ring substituents is 1. The van der Waals surface area contributed by atoms with Crippen molar-refractivity contribution in [3.8, 4) is 0 Å². The van der Waals surface area contributed by atoms with Crippen molar-refractivity contribution in [1.82, 2.24) is 0 Å². The van der Waals surface area contributed by atoms with Crippen LogP contribution in [-0.4, -0.2) is 19.6 Å². The summed E-state index contributed by atoms with van der Waals surface area (Å²) in [5.41, 5.74) is 0.629. The third-order valence-corrected chi connectivity index (χ3v) is 5.33. The number of anilines is 1. The number of para-hydroxylation sites is 1.